The molecule has 126 valence electrons. The molecule has 0 fully saturated rings. The Kier molecular flexibility index (Phi) is 4.42. The summed E-state index contributed by atoms with van der Waals surface area (Å²) in [5.74, 6) is 0.221. The van der Waals surface area contributed by atoms with Crippen molar-refractivity contribution in [3.8, 4) is 22.8 Å². The molecule has 2 aromatic carbocycles. The number of nitrogens with one attached hydrogen (secondary N) is 2. The van der Waals surface area contributed by atoms with Crippen LogP contribution in [0.4, 0.5) is 5.69 Å². The average molecular weight is 337 g/mol. The van der Waals surface area contributed by atoms with Crippen LogP contribution in [0.25, 0.3) is 11.3 Å². The molecule has 1 aromatic heterocycles. The number of rotatable bonds is 5. The number of carbonyl (C=O) groups excluding carboxylic acids is 2. The molecule has 3 aromatic rings. The van der Waals surface area contributed by atoms with Crippen LogP contribution in [0.3, 0.4) is 0 Å². The topological polar surface area (TPSA) is 123 Å². The predicted molar refractivity (Wildman–Crippen MR) is 91.2 cm³/mol. The second kappa shape index (κ2) is 6.83. The first kappa shape index (κ1) is 16.2. The van der Waals surface area contributed by atoms with Crippen LogP contribution in [0.15, 0.2) is 48.5 Å². The van der Waals surface area contributed by atoms with Crippen LogP contribution < -0.4 is 15.8 Å². The van der Waals surface area contributed by atoms with Gasteiger partial charge in [0.15, 0.2) is 5.69 Å². The highest BCUT2D eigenvalue weighted by Gasteiger charge is 2.18. The average Bonchev–Trinajstić information content (AvgIpc) is 3.06. The van der Waals surface area contributed by atoms with Gasteiger partial charge in [-0.05, 0) is 36.4 Å². The van der Waals surface area contributed by atoms with Gasteiger partial charge in [-0.1, -0.05) is 12.1 Å². The first-order valence-corrected chi connectivity index (χ1v) is 7.40. The lowest BCUT2D eigenvalue weighted by atomic mass is 10.1. The third kappa shape index (κ3) is 3.63. The standard InChI is InChI=1S/C17H15N5O3/c1-10(23)19-11-6-8-12(9-7-11)25-14-5-3-2-4-13(14)15-16(17(18)24)21-22-20-15/h2-9H,1H3,(H2,18,24)(H,19,23)(H,20,21,22). The number of hydrogen-bond donors (Lipinski definition) is 3. The second-order valence-corrected chi connectivity index (χ2v) is 5.19. The van der Waals surface area contributed by atoms with Gasteiger partial charge in [0.05, 0.1) is 0 Å². The van der Waals surface area contributed by atoms with E-state index in [0.717, 1.165) is 0 Å². The SMILES string of the molecule is CC(=O)Nc1ccc(Oc2ccccc2-c2n[nH]nc2C(N)=O)cc1. The largest absolute Gasteiger partial charge is 0.457 e. The van der Waals surface area contributed by atoms with Gasteiger partial charge in [0, 0.05) is 18.2 Å². The molecule has 0 aliphatic carbocycles. The molecule has 0 unspecified atom stereocenters. The first-order chi connectivity index (χ1) is 12.0. The minimum atomic E-state index is -0.682. The van der Waals surface area contributed by atoms with Crippen molar-refractivity contribution in [2.45, 2.75) is 6.92 Å². The van der Waals surface area contributed by atoms with Gasteiger partial charge < -0.3 is 15.8 Å². The molecule has 0 aliphatic heterocycles. The molecule has 0 bridgehead atoms. The van der Waals surface area contributed by atoms with Crippen LogP contribution in [0.2, 0.25) is 0 Å². The van der Waals surface area contributed by atoms with E-state index < -0.39 is 5.91 Å². The number of nitrogens with two attached hydrogens (primary N) is 1. The summed E-state index contributed by atoms with van der Waals surface area (Å²) in [4.78, 5) is 22.5. The molecule has 0 radical (unpaired) electrons. The van der Waals surface area contributed by atoms with Gasteiger partial charge in [0.1, 0.15) is 17.2 Å². The van der Waals surface area contributed by atoms with Gasteiger partial charge >= 0.3 is 0 Å². The maximum absolute atomic E-state index is 11.5. The van der Waals surface area contributed by atoms with Crippen molar-refractivity contribution in [1.82, 2.24) is 15.4 Å². The van der Waals surface area contributed by atoms with Crippen molar-refractivity contribution in [3.05, 3.63) is 54.2 Å². The minimum Gasteiger partial charge on any atom is -0.457 e. The number of anilines is 1. The summed E-state index contributed by atoms with van der Waals surface area (Å²) in [6.45, 7) is 1.44. The van der Waals surface area contributed by atoms with Crippen molar-refractivity contribution in [1.29, 1.82) is 0 Å². The number of carbonyl (C=O) groups is 2. The Bertz CT molecular complexity index is 918. The number of nitrogens with zero attached hydrogens (tertiary/aromatic N) is 2. The number of hydrogen-bond acceptors (Lipinski definition) is 5. The summed E-state index contributed by atoms with van der Waals surface area (Å²) in [7, 11) is 0. The van der Waals surface area contributed by atoms with Gasteiger partial charge in [0.25, 0.3) is 5.91 Å². The van der Waals surface area contributed by atoms with Gasteiger partial charge in [-0.25, -0.2) is 0 Å². The number of ether oxygens (including phenoxy) is 1. The van der Waals surface area contributed by atoms with E-state index in [0.29, 0.717) is 28.4 Å². The minimum absolute atomic E-state index is 0.0389. The lowest BCUT2D eigenvalue weighted by Gasteiger charge is -2.10. The van der Waals surface area contributed by atoms with Gasteiger partial charge in [-0.3, -0.25) is 9.59 Å². The molecule has 0 saturated heterocycles. The number of primary amides is 1. The Balaban J connectivity index is 1.90. The second-order valence-electron chi connectivity index (χ2n) is 5.19. The van der Waals surface area contributed by atoms with Crippen LogP contribution in [-0.2, 0) is 4.79 Å². The Morgan fingerprint density at radius 2 is 1.80 bits per heavy atom. The smallest absolute Gasteiger partial charge is 0.271 e. The molecule has 25 heavy (non-hydrogen) atoms. The highest BCUT2D eigenvalue weighted by atomic mass is 16.5. The molecule has 8 heteroatoms. The van der Waals surface area contributed by atoms with Crippen molar-refractivity contribution >= 4 is 17.5 Å². The number of para-hydroxylation sites is 1. The molecule has 8 nitrogen and oxygen atoms in total. The number of aromatic amines is 1. The highest BCUT2D eigenvalue weighted by molar-refractivity contribution is 5.97. The van der Waals surface area contributed by atoms with Crippen LogP contribution in [0.1, 0.15) is 17.4 Å². The Hall–Kier alpha value is -3.68. The van der Waals surface area contributed by atoms with Gasteiger partial charge in [-0.15, -0.1) is 0 Å². The van der Waals surface area contributed by atoms with E-state index in [-0.39, 0.29) is 11.6 Å². The number of amides is 2. The van der Waals surface area contributed by atoms with E-state index in [2.05, 4.69) is 20.7 Å². The van der Waals surface area contributed by atoms with Crippen molar-refractivity contribution in [3.63, 3.8) is 0 Å². The fourth-order valence-electron chi connectivity index (χ4n) is 2.28. The molecule has 2 amide bonds. The van der Waals surface area contributed by atoms with E-state index in [1.54, 1.807) is 48.5 Å². The number of benzene rings is 2. The molecule has 0 spiro atoms. The van der Waals surface area contributed by atoms with Crippen LogP contribution in [-0.4, -0.2) is 27.2 Å². The molecular weight excluding hydrogens is 322 g/mol. The van der Waals surface area contributed by atoms with Crippen molar-refractivity contribution in [2.75, 3.05) is 5.32 Å². The third-order valence-corrected chi connectivity index (χ3v) is 3.33. The molecule has 3 rings (SSSR count). The van der Waals surface area contributed by atoms with E-state index in [1.165, 1.54) is 6.92 Å². The molecular formula is C17H15N5O3. The van der Waals surface area contributed by atoms with Gasteiger partial charge in [0.2, 0.25) is 5.91 Å². The summed E-state index contributed by atoms with van der Waals surface area (Å²) in [6.07, 6.45) is 0. The maximum atomic E-state index is 11.5. The zero-order chi connectivity index (χ0) is 17.8. The summed E-state index contributed by atoms with van der Waals surface area (Å²) in [6, 6.07) is 14.0. The van der Waals surface area contributed by atoms with E-state index in [1.807, 2.05) is 0 Å². The van der Waals surface area contributed by atoms with Crippen molar-refractivity contribution < 1.29 is 14.3 Å². The third-order valence-electron chi connectivity index (χ3n) is 3.33. The fraction of sp³-hybridized carbons (Fsp3) is 0.0588. The molecule has 0 saturated carbocycles. The Labute approximate surface area is 143 Å². The monoisotopic (exact) mass is 337 g/mol. The lowest BCUT2D eigenvalue weighted by molar-refractivity contribution is -0.114. The Morgan fingerprint density at radius 1 is 1.08 bits per heavy atom. The summed E-state index contributed by atoms with van der Waals surface area (Å²) in [5.41, 5.74) is 6.92. The molecule has 1 heterocycles. The zero-order valence-electron chi connectivity index (χ0n) is 13.3. The maximum Gasteiger partial charge on any atom is 0.271 e. The van der Waals surface area contributed by atoms with Gasteiger partial charge in [-0.2, -0.15) is 15.4 Å². The highest BCUT2D eigenvalue weighted by Crippen LogP contribution is 2.33. The fourth-order valence-corrected chi connectivity index (χ4v) is 2.28. The normalized spacial score (nSPS) is 10.3. The molecule has 0 atom stereocenters. The van der Waals surface area contributed by atoms with E-state index in [4.69, 9.17) is 10.5 Å². The molecule has 0 aliphatic rings. The number of aromatic nitrogens is 3. The lowest BCUT2D eigenvalue weighted by Crippen LogP contribution is -2.12. The number of H-pyrrole nitrogens is 1. The summed E-state index contributed by atoms with van der Waals surface area (Å²) < 4.78 is 5.88. The quantitative estimate of drug-likeness (QED) is 0.659. The van der Waals surface area contributed by atoms with E-state index >= 15 is 0 Å². The molecule has 4 N–H and O–H groups in total. The van der Waals surface area contributed by atoms with Crippen LogP contribution >= 0.6 is 0 Å². The first-order valence-electron chi connectivity index (χ1n) is 7.40. The van der Waals surface area contributed by atoms with Crippen molar-refractivity contribution in [2.24, 2.45) is 5.73 Å². The summed E-state index contributed by atoms with van der Waals surface area (Å²) in [5, 5.41) is 12.8. The van der Waals surface area contributed by atoms with Crippen LogP contribution in [0.5, 0.6) is 11.5 Å². The summed E-state index contributed by atoms with van der Waals surface area (Å²) >= 11 is 0. The van der Waals surface area contributed by atoms with E-state index in [9.17, 15) is 9.59 Å². The predicted octanol–water partition coefficient (Wildman–Crippen LogP) is 2.32. The van der Waals surface area contributed by atoms with Crippen LogP contribution in [0, 0.1) is 0 Å². The Morgan fingerprint density at radius 3 is 2.48 bits per heavy atom. The zero-order valence-corrected chi connectivity index (χ0v) is 13.3.